The first kappa shape index (κ1) is 22.5. The molecule has 7 nitrogen and oxygen atoms in total. The second-order valence-electron chi connectivity index (χ2n) is 7.64. The normalized spacial score (nSPS) is 11.0. The molecule has 2 aromatic heterocycles. The van der Waals surface area contributed by atoms with E-state index in [0.717, 1.165) is 44.5 Å². The Morgan fingerprint density at radius 3 is 2.70 bits per heavy atom. The van der Waals surface area contributed by atoms with Crippen molar-refractivity contribution in [1.82, 2.24) is 4.98 Å². The minimum Gasteiger partial charge on any atom is -0.489 e. The van der Waals surface area contributed by atoms with Gasteiger partial charge in [-0.15, -0.1) is 0 Å². The van der Waals surface area contributed by atoms with Crippen LogP contribution in [0.5, 0.6) is 5.75 Å². The third-order valence-electron chi connectivity index (χ3n) is 5.35. The highest BCUT2D eigenvalue weighted by Crippen LogP contribution is 2.32. The number of carbonyl (C=O) groups excluding carboxylic acids is 1. The van der Waals surface area contributed by atoms with Gasteiger partial charge in [0.15, 0.2) is 0 Å². The maximum Gasteiger partial charge on any atom is 0.310 e. The molecule has 0 aliphatic rings. The van der Waals surface area contributed by atoms with Gasteiger partial charge in [0.1, 0.15) is 17.9 Å². The molecule has 0 atom stereocenters. The molecule has 0 saturated heterocycles. The molecule has 7 heteroatoms. The maximum absolute atomic E-state index is 12.0. The van der Waals surface area contributed by atoms with Crippen molar-refractivity contribution in [1.29, 1.82) is 0 Å². The van der Waals surface area contributed by atoms with Gasteiger partial charge in [-0.05, 0) is 60.0 Å². The summed E-state index contributed by atoms with van der Waals surface area (Å²) in [5, 5.41) is 0.972. The van der Waals surface area contributed by atoms with Crippen LogP contribution in [0.3, 0.4) is 0 Å². The molecule has 2 heterocycles. The van der Waals surface area contributed by atoms with E-state index in [4.69, 9.17) is 25.4 Å². The molecule has 0 unspecified atom stereocenters. The monoisotopic (exact) mass is 445 g/mol. The zero-order chi connectivity index (χ0) is 23.2. The van der Waals surface area contributed by atoms with Gasteiger partial charge in [-0.2, -0.15) is 0 Å². The zero-order valence-electron chi connectivity index (χ0n) is 18.5. The number of pyridine rings is 1. The van der Waals surface area contributed by atoms with Crippen molar-refractivity contribution in [2.24, 2.45) is 11.5 Å². The number of aromatic nitrogens is 1. The lowest BCUT2D eigenvalue weighted by molar-refractivity contribution is -0.142. The lowest BCUT2D eigenvalue weighted by atomic mass is 10.0. The Balaban J connectivity index is 1.64. The molecule has 4 aromatic rings. The van der Waals surface area contributed by atoms with E-state index in [-0.39, 0.29) is 12.4 Å². The number of furan rings is 1. The van der Waals surface area contributed by atoms with Gasteiger partial charge in [0, 0.05) is 35.8 Å². The van der Waals surface area contributed by atoms with Gasteiger partial charge in [0.25, 0.3) is 0 Å². The van der Waals surface area contributed by atoms with Gasteiger partial charge < -0.3 is 25.4 Å². The molecule has 4 rings (SSSR count). The summed E-state index contributed by atoms with van der Waals surface area (Å²) in [4.78, 5) is 16.3. The van der Waals surface area contributed by atoms with E-state index in [0.29, 0.717) is 32.1 Å². The highest BCUT2D eigenvalue weighted by molar-refractivity contribution is 5.93. The van der Waals surface area contributed by atoms with Crippen LogP contribution < -0.4 is 16.2 Å². The van der Waals surface area contributed by atoms with Crippen molar-refractivity contribution < 1.29 is 18.7 Å². The number of benzene rings is 2. The summed E-state index contributed by atoms with van der Waals surface area (Å²) in [6.45, 7) is 3.18. The van der Waals surface area contributed by atoms with Gasteiger partial charge in [0.2, 0.25) is 0 Å². The van der Waals surface area contributed by atoms with Crippen LogP contribution in [0, 0.1) is 0 Å². The first-order valence-electron chi connectivity index (χ1n) is 10.9. The Hall–Kier alpha value is -3.68. The number of ether oxygens (including phenoxy) is 2. The molecule has 0 fully saturated rings. The van der Waals surface area contributed by atoms with E-state index >= 15 is 0 Å². The smallest absolute Gasteiger partial charge is 0.310 e. The van der Waals surface area contributed by atoms with E-state index < -0.39 is 0 Å². The SMILES string of the molecule is CCOC(=O)Cc1ccc(CN)cc1OCc1cc(-c2ccnc(CN)c2)c2occc2c1. The fourth-order valence-electron chi connectivity index (χ4n) is 3.73. The number of nitrogens with zero attached hydrogens (tertiary/aromatic N) is 1. The zero-order valence-corrected chi connectivity index (χ0v) is 18.5. The molecule has 4 N–H and O–H groups in total. The molecule has 170 valence electrons. The number of rotatable bonds is 9. The van der Waals surface area contributed by atoms with Crippen molar-refractivity contribution in [3.8, 4) is 16.9 Å². The van der Waals surface area contributed by atoms with Crippen molar-refractivity contribution in [3.63, 3.8) is 0 Å². The Kier molecular flexibility index (Phi) is 7.02. The third kappa shape index (κ3) is 5.22. The van der Waals surface area contributed by atoms with Crippen LogP contribution in [-0.2, 0) is 35.6 Å². The summed E-state index contributed by atoms with van der Waals surface area (Å²) in [5.41, 5.74) is 17.7. The summed E-state index contributed by atoms with van der Waals surface area (Å²) < 4.78 is 17.0. The molecular weight excluding hydrogens is 418 g/mol. The standard InChI is InChI=1S/C26H27N3O4/c1-2-31-25(30)13-20-4-3-17(14-27)11-24(20)33-16-18-9-21-6-8-32-26(21)23(10-18)19-5-7-29-22(12-19)15-28/h3-12H,2,13-16,27-28H2,1H3. The first-order chi connectivity index (χ1) is 16.1. The van der Waals surface area contributed by atoms with E-state index in [1.807, 2.05) is 48.5 Å². The van der Waals surface area contributed by atoms with Crippen molar-refractivity contribution in [2.75, 3.05) is 6.61 Å². The first-order valence-corrected chi connectivity index (χ1v) is 10.9. The number of hydrogen-bond donors (Lipinski definition) is 2. The number of fused-ring (bicyclic) bond motifs is 1. The molecule has 0 aliphatic heterocycles. The molecule has 0 radical (unpaired) electrons. The Morgan fingerprint density at radius 2 is 1.91 bits per heavy atom. The molecule has 33 heavy (non-hydrogen) atoms. The fourth-order valence-corrected chi connectivity index (χ4v) is 3.73. The summed E-state index contributed by atoms with van der Waals surface area (Å²) in [7, 11) is 0. The predicted octanol–water partition coefficient (Wildman–Crippen LogP) is 4.10. The van der Waals surface area contributed by atoms with Crippen LogP contribution in [0.25, 0.3) is 22.1 Å². The number of esters is 1. The van der Waals surface area contributed by atoms with Gasteiger partial charge in [-0.25, -0.2) is 0 Å². The lowest BCUT2D eigenvalue weighted by Gasteiger charge is -2.14. The predicted molar refractivity (Wildman–Crippen MR) is 126 cm³/mol. The summed E-state index contributed by atoms with van der Waals surface area (Å²) in [5.74, 6) is 0.326. The minimum atomic E-state index is -0.293. The molecule has 0 saturated carbocycles. The van der Waals surface area contributed by atoms with Gasteiger partial charge >= 0.3 is 5.97 Å². The van der Waals surface area contributed by atoms with Crippen molar-refractivity contribution >= 4 is 16.9 Å². The summed E-state index contributed by atoms with van der Waals surface area (Å²) in [6, 6.07) is 15.5. The lowest BCUT2D eigenvalue weighted by Crippen LogP contribution is -2.10. The topological polar surface area (TPSA) is 114 Å². The van der Waals surface area contributed by atoms with Crippen LogP contribution in [0.15, 0.2) is 65.4 Å². The van der Waals surface area contributed by atoms with Crippen LogP contribution >= 0.6 is 0 Å². The quantitative estimate of drug-likeness (QED) is 0.373. The molecule has 0 aliphatic carbocycles. The maximum atomic E-state index is 12.0. The minimum absolute atomic E-state index is 0.138. The van der Waals surface area contributed by atoms with E-state index in [1.54, 1.807) is 19.4 Å². The molecular formula is C26H27N3O4. The fraction of sp³-hybridized carbons (Fsp3) is 0.231. The highest BCUT2D eigenvalue weighted by atomic mass is 16.5. The molecule has 0 bridgehead atoms. The Labute approximate surface area is 192 Å². The van der Waals surface area contributed by atoms with Gasteiger partial charge in [-0.1, -0.05) is 12.1 Å². The molecule has 0 amide bonds. The van der Waals surface area contributed by atoms with Crippen LogP contribution in [0.4, 0.5) is 0 Å². The number of hydrogen-bond acceptors (Lipinski definition) is 7. The van der Waals surface area contributed by atoms with Crippen LogP contribution in [0.2, 0.25) is 0 Å². The van der Waals surface area contributed by atoms with Crippen LogP contribution in [0.1, 0.15) is 29.3 Å². The van der Waals surface area contributed by atoms with Gasteiger partial charge in [0.05, 0.1) is 25.0 Å². The Bertz CT molecular complexity index is 1270. The van der Waals surface area contributed by atoms with Crippen molar-refractivity contribution in [2.45, 2.75) is 33.0 Å². The number of carbonyl (C=O) groups is 1. The molecule has 0 spiro atoms. The van der Waals surface area contributed by atoms with E-state index in [9.17, 15) is 4.79 Å². The largest absolute Gasteiger partial charge is 0.489 e. The summed E-state index contributed by atoms with van der Waals surface area (Å²) >= 11 is 0. The average molecular weight is 446 g/mol. The second-order valence-corrected chi connectivity index (χ2v) is 7.64. The van der Waals surface area contributed by atoms with Gasteiger partial charge in [-0.3, -0.25) is 9.78 Å². The number of nitrogens with two attached hydrogens (primary N) is 2. The van der Waals surface area contributed by atoms with Crippen molar-refractivity contribution in [3.05, 3.63) is 83.4 Å². The summed E-state index contributed by atoms with van der Waals surface area (Å²) in [6.07, 6.45) is 3.56. The average Bonchev–Trinajstić information content (AvgIpc) is 3.31. The Morgan fingerprint density at radius 1 is 1.03 bits per heavy atom. The highest BCUT2D eigenvalue weighted by Gasteiger charge is 2.14. The van der Waals surface area contributed by atoms with E-state index in [2.05, 4.69) is 4.98 Å². The van der Waals surface area contributed by atoms with E-state index in [1.165, 1.54) is 0 Å². The van der Waals surface area contributed by atoms with Crippen LogP contribution in [-0.4, -0.2) is 17.6 Å². The second kappa shape index (κ2) is 10.3. The molecule has 2 aromatic carbocycles. The third-order valence-corrected chi connectivity index (χ3v) is 5.35.